The fourth-order valence-corrected chi connectivity index (χ4v) is 5.20. The Hall–Kier alpha value is -3.27. The summed E-state index contributed by atoms with van der Waals surface area (Å²) in [5.74, 6) is 0.580. The first-order chi connectivity index (χ1) is 16.8. The summed E-state index contributed by atoms with van der Waals surface area (Å²) in [6.07, 6.45) is 1.14. The Balaban J connectivity index is 1.28. The van der Waals surface area contributed by atoms with E-state index in [0.29, 0.717) is 43.1 Å². The molecular formula is C26H28FN3O4S. The number of sulfonamides is 1. The fraction of sp³-hybridized carbons (Fsp3) is 0.269. The molecule has 0 aliphatic carbocycles. The summed E-state index contributed by atoms with van der Waals surface area (Å²) >= 11 is 0. The van der Waals surface area contributed by atoms with Crippen LogP contribution < -0.4 is 14.8 Å². The quantitative estimate of drug-likeness (QED) is 0.484. The van der Waals surface area contributed by atoms with Gasteiger partial charge in [-0.3, -0.25) is 9.69 Å². The second-order valence-corrected chi connectivity index (χ2v) is 10.3. The van der Waals surface area contributed by atoms with Crippen LogP contribution in [0, 0.1) is 12.7 Å². The number of carbonyl (C=O) groups excluding carboxylic acids is 1. The first-order valence-corrected chi connectivity index (χ1v) is 12.9. The molecular weight excluding hydrogens is 469 g/mol. The van der Waals surface area contributed by atoms with E-state index in [1.165, 1.54) is 12.1 Å². The van der Waals surface area contributed by atoms with Gasteiger partial charge < -0.3 is 10.1 Å². The average molecular weight is 498 g/mol. The number of halogens is 1. The number of hydrogen-bond donors (Lipinski definition) is 2. The monoisotopic (exact) mass is 497 g/mol. The average Bonchev–Trinajstić information content (AvgIpc) is 2.83. The van der Waals surface area contributed by atoms with E-state index in [9.17, 15) is 17.6 Å². The van der Waals surface area contributed by atoms with Gasteiger partial charge in [-0.1, -0.05) is 29.8 Å². The minimum Gasteiger partial charge on any atom is -0.455 e. The van der Waals surface area contributed by atoms with Crippen LogP contribution >= 0.6 is 0 Å². The molecule has 184 valence electrons. The highest BCUT2D eigenvalue weighted by atomic mass is 32.2. The van der Waals surface area contributed by atoms with Crippen molar-refractivity contribution in [3.05, 3.63) is 84.2 Å². The van der Waals surface area contributed by atoms with Gasteiger partial charge in [-0.25, -0.2) is 17.5 Å². The van der Waals surface area contributed by atoms with Crippen LogP contribution in [0.5, 0.6) is 11.5 Å². The minimum absolute atomic E-state index is 0.0345. The maximum atomic E-state index is 13.1. The first kappa shape index (κ1) is 24.8. The number of aryl methyl sites for hydroxylation is 1. The number of nitrogens with zero attached hydrogens (tertiary/aromatic N) is 1. The van der Waals surface area contributed by atoms with Crippen LogP contribution in [-0.4, -0.2) is 44.9 Å². The molecule has 0 spiro atoms. The maximum Gasteiger partial charge on any atom is 0.240 e. The molecule has 0 radical (unpaired) electrons. The van der Waals surface area contributed by atoms with Gasteiger partial charge in [0, 0.05) is 19.1 Å². The lowest BCUT2D eigenvalue weighted by molar-refractivity contribution is -0.117. The van der Waals surface area contributed by atoms with Gasteiger partial charge in [-0.05, 0) is 68.3 Å². The number of nitrogens with one attached hydrogen (secondary N) is 2. The third-order valence-corrected chi connectivity index (χ3v) is 7.35. The SMILES string of the molecule is Cc1ccc(Oc2ccccc2NC(=O)CN2CCC(NS(=O)(=O)c3ccc(F)cc3)CC2)cc1. The summed E-state index contributed by atoms with van der Waals surface area (Å²) in [5.41, 5.74) is 1.71. The Kier molecular flexibility index (Phi) is 7.80. The number of para-hydroxylation sites is 2. The molecule has 1 heterocycles. The second-order valence-electron chi connectivity index (χ2n) is 8.59. The molecule has 0 unspecified atom stereocenters. The number of ether oxygens (including phenoxy) is 1. The summed E-state index contributed by atoms with van der Waals surface area (Å²) in [5, 5.41) is 2.92. The van der Waals surface area contributed by atoms with E-state index >= 15 is 0 Å². The lowest BCUT2D eigenvalue weighted by atomic mass is 10.1. The minimum atomic E-state index is -3.72. The van der Waals surface area contributed by atoms with E-state index in [1.54, 1.807) is 12.1 Å². The van der Waals surface area contributed by atoms with Crippen LogP contribution in [0.1, 0.15) is 18.4 Å². The number of rotatable bonds is 8. The molecule has 2 N–H and O–H groups in total. The maximum absolute atomic E-state index is 13.1. The number of amides is 1. The number of benzene rings is 3. The van der Waals surface area contributed by atoms with Gasteiger partial charge >= 0.3 is 0 Å². The Morgan fingerprint density at radius 1 is 1.00 bits per heavy atom. The molecule has 7 nitrogen and oxygen atoms in total. The van der Waals surface area contributed by atoms with Crippen LogP contribution in [0.2, 0.25) is 0 Å². The molecule has 1 saturated heterocycles. The van der Waals surface area contributed by atoms with Gasteiger partial charge in [0.05, 0.1) is 17.1 Å². The molecule has 1 amide bonds. The number of anilines is 1. The number of hydrogen-bond acceptors (Lipinski definition) is 5. The van der Waals surface area contributed by atoms with Gasteiger partial charge in [-0.15, -0.1) is 0 Å². The van der Waals surface area contributed by atoms with E-state index in [4.69, 9.17) is 4.74 Å². The third-order valence-electron chi connectivity index (χ3n) is 5.81. The molecule has 9 heteroatoms. The molecule has 1 aliphatic rings. The van der Waals surface area contributed by atoms with Crippen molar-refractivity contribution < 1.29 is 22.3 Å². The van der Waals surface area contributed by atoms with Gasteiger partial charge in [0.2, 0.25) is 15.9 Å². The molecule has 3 aromatic carbocycles. The Bertz CT molecular complexity index is 1260. The standard InChI is InChI=1S/C26H28FN3O4S/c1-19-6-10-22(11-7-19)34-25-5-3-2-4-24(25)28-26(31)18-30-16-14-21(15-17-30)29-35(32,33)23-12-8-20(27)9-13-23/h2-13,21,29H,14-18H2,1H3,(H,28,31). The highest BCUT2D eigenvalue weighted by Gasteiger charge is 2.25. The summed E-state index contributed by atoms with van der Waals surface area (Å²) in [7, 11) is -3.72. The van der Waals surface area contributed by atoms with E-state index < -0.39 is 15.8 Å². The molecule has 35 heavy (non-hydrogen) atoms. The van der Waals surface area contributed by atoms with Crippen molar-refractivity contribution in [2.45, 2.75) is 30.7 Å². The van der Waals surface area contributed by atoms with Crippen molar-refractivity contribution >= 4 is 21.6 Å². The van der Waals surface area contributed by atoms with Crippen molar-refractivity contribution in [3.63, 3.8) is 0 Å². The van der Waals surface area contributed by atoms with E-state index in [-0.39, 0.29) is 23.4 Å². The second kappa shape index (κ2) is 11.0. The molecule has 0 bridgehead atoms. The number of piperidine rings is 1. The lowest BCUT2D eigenvalue weighted by Crippen LogP contribution is -2.46. The molecule has 3 aromatic rings. The predicted octanol–water partition coefficient (Wildman–Crippen LogP) is 4.31. The third kappa shape index (κ3) is 6.88. The summed E-state index contributed by atoms with van der Waals surface area (Å²) in [4.78, 5) is 14.7. The van der Waals surface area contributed by atoms with Crippen molar-refractivity contribution in [2.75, 3.05) is 25.0 Å². The van der Waals surface area contributed by atoms with Gasteiger partial charge in [0.1, 0.15) is 11.6 Å². The lowest BCUT2D eigenvalue weighted by Gasteiger charge is -2.31. The van der Waals surface area contributed by atoms with Crippen molar-refractivity contribution in [1.82, 2.24) is 9.62 Å². The number of carbonyl (C=O) groups is 1. The van der Waals surface area contributed by atoms with Crippen LogP contribution in [0.3, 0.4) is 0 Å². The van der Waals surface area contributed by atoms with Crippen LogP contribution in [0.25, 0.3) is 0 Å². The largest absolute Gasteiger partial charge is 0.455 e. The smallest absolute Gasteiger partial charge is 0.240 e. The molecule has 0 aromatic heterocycles. The van der Waals surface area contributed by atoms with Crippen molar-refractivity contribution in [3.8, 4) is 11.5 Å². The summed E-state index contributed by atoms with van der Waals surface area (Å²) in [6.45, 7) is 3.34. The first-order valence-electron chi connectivity index (χ1n) is 11.4. The zero-order valence-electron chi connectivity index (χ0n) is 19.4. The van der Waals surface area contributed by atoms with Crippen LogP contribution in [0.15, 0.2) is 77.7 Å². The summed E-state index contributed by atoms with van der Waals surface area (Å²) in [6, 6.07) is 19.4. The highest BCUT2D eigenvalue weighted by Crippen LogP contribution is 2.29. The molecule has 1 aliphatic heterocycles. The Morgan fingerprint density at radius 3 is 2.34 bits per heavy atom. The van der Waals surface area contributed by atoms with Crippen LogP contribution in [-0.2, 0) is 14.8 Å². The topological polar surface area (TPSA) is 87.7 Å². The predicted molar refractivity (Wildman–Crippen MR) is 133 cm³/mol. The Labute approximate surface area is 205 Å². The normalized spacial score (nSPS) is 15.0. The molecule has 0 saturated carbocycles. The highest BCUT2D eigenvalue weighted by molar-refractivity contribution is 7.89. The zero-order chi connectivity index (χ0) is 24.8. The number of likely N-dealkylation sites (tertiary alicyclic amines) is 1. The van der Waals surface area contributed by atoms with E-state index in [2.05, 4.69) is 10.0 Å². The van der Waals surface area contributed by atoms with E-state index in [0.717, 1.165) is 17.7 Å². The zero-order valence-corrected chi connectivity index (χ0v) is 20.2. The molecule has 0 atom stereocenters. The van der Waals surface area contributed by atoms with Gasteiger partial charge in [0.25, 0.3) is 0 Å². The van der Waals surface area contributed by atoms with Crippen LogP contribution in [0.4, 0.5) is 10.1 Å². The summed E-state index contributed by atoms with van der Waals surface area (Å²) < 4.78 is 46.8. The van der Waals surface area contributed by atoms with Crippen molar-refractivity contribution in [1.29, 1.82) is 0 Å². The van der Waals surface area contributed by atoms with Crippen molar-refractivity contribution in [2.24, 2.45) is 0 Å². The molecule has 1 fully saturated rings. The Morgan fingerprint density at radius 2 is 1.66 bits per heavy atom. The fourth-order valence-electron chi connectivity index (χ4n) is 3.90. The van der Waals surface area contributed by atoms with E-state index in [1.807, 2.05) is 48.2 Å². The van der Waals surface area contributed by atoms with Gasteiger partial charge in [0.15, 0.2) is 5.75 Å². The van der Waals surface area contributed by atoms with Gasteiger partial charge in [-0.2, -0.15) is 0 Å². The molecule has 4 rings (SSSR count).